The first kappa shape index (κ1) is 15.8. The average molecular weight is 326 g/mol. The standard InChI is InChI=1S/C17H18N4O3/c1-11-10-21-16(19-11)7-6-14(20-21)17(22)18-9-12-4-5-13(23-2)8-15(12)24-3/h4-8,10H,9H2,1-3H3,(H,18,22). The number of fused-ring (bicyclic) bond motifs is 1. The zero-order valence-corrected chi connectivity index (χ0v) is 13.7. The van der Waals surface area contributed by atoms with Crippen molar-refractivity contribution in [3.05, 3.63) is 53.5 Å². The van der Waals surface area contributed by atoms with Crippen LogP contribution in [0.4, 0.5) is 0 Å². The molecule has 3 aromatic rings. The quantitative estimate of drug-likeness (QED) is 0.776. The Balaban J connectivity index is 1.74. The number of aromatic nitrogens is 3. The smallest absolute Gasteiger partial charge is 0.272 e. The summed E-state index contributed by atoms with van der Waals surface area (Å²) in [4.78, 5) is 16.6. The van der Waals surface area contributed by atoms with Gasteiger partial charge in [0.25, 0.3) is 5.91 Å². The lowest BCUT2D eigenvalue weighted by Crippen LogP contribution is -2.24. The Morgan fingerprint density at radius 3 is 2.79 bits per heavy atom. The van der Waals surface area contributed by atoms with Crippen LogP contribution in [0, 0.1) is 6.92 Å². The minimum Gasteiger partial charge on any atom is -0.497 e. The summed E-state index contributed by atoms with van der Waals surface area (Å²) in [5.74, 6) is 1.09. The van der Waals surface area contributed by atoms with E-state index in [0.29, 0.717) is 29.4 Å². The first-order valence-electron chi connectivity index (χ1n) is 7.43. The SMILES string of the molecule is COc1ccc(CNC(=O)c2ccc3nc(C)cn3n2)c(OC)c1. The summed E-state index contributed by atoms with van der Waals surface area (Å²) in [6.07, 6.45) is 1.78. The van der Waals surface area contributed by atoms with Crippen LogP contribution >= 0.6 is 0 Å². The summed E-state index contributed by atoms with van der Waals surface area (Å²) in [7, 11) is 3.17. The van der Waals surface area contributed by atoms with Crippen LogP contribution < -0.4 is 14.8 Å². The largest absolute Gasteiger partial charge is 0.497 e. The summed E-state index contributed by atoms with van der Waals surface area (Å²) in [5, 5.41) is 7.11. The van der Waals surface area contributed by atoms with Gasteiger partial charge in [0.05, 0.1) is 26.1 Å². The molecule has 2 heterocycles. The van der Waals surface area contributed by atoms with Crippen molar-refractivity contribution in [3.8, 4) is 11.5 Å². The van der Waals surface area contributed by atoms with E-state index in [1.54, 1.807) is 43.1 Å². The monoisotopic (exact) mass is 326 g/mol. The van der Waals surface area contributed by atoms with Gasteiger partial charge >= 0.3 is 0 Å². The number of carbonyl (C=O) groups is 1. The van der Waals surface area contributed by atoms with Gasteiger partial charge < -0.3 is 14.8 Å². The number of nitrogens with zero attached hydrogens (tertiary/aromatic N) is 3. The van der Waals surface area contributed by atoms with Gasteiger partial charge in [0.15, 0.2) is 5.65 Å². The number of carbonyl (C=O) groups excluding carboxylic acids is 1. The van der Waals surface area contributed by atoms with E-state index in [1.165, 1.54) is 0 Å². The minimum absolute atomic E-state index is 0.263. The van der Waals surface area contributed by atoms with Gasteiger partial charge in [-0.2, -0.15) is 5.10 Å². The molecule has 1 aromatic carbocycles. The van der Waals surface area contributed by atoms with E-state index in [-0.39, 0.29) is 5.91 Å². The molecule has 0 saturated carbocycles. The van der Waals surface area contributed by atoms with Crippen molar-refractivity contribution >= 4 is 11.6 Å². The molecule has 2 aromatic heterocycles. The Hall–Kier alpha value is -3.09. The molecule has 1 amide bonds. The number of rotatable bonds is 5. The van der Waals surface area contributed by atoms with E-state index in [9.17, 15) is 4.79 Å². The second-order valence-corrected chi connectivity index (χ2v) is 5.26. The number of benzene rings is 1. The van der Waals surface area contributed by atoms with E-state index >= 15 is 0 Å². The minimum atomic E-state index is -0.263. The van der Waals surface area contributed by atoms with Crippen LogP contribution in [0.2, 0.25) is 0 Å². The fraction of sp³-hybridized carbons (Fsp3) is 0.235. The highest BCUT2D eigenvalue weighted by Crippen LogP contribution is 2.24. The molecule has 0 atom stereocenters. The van der Waals surface area contributed by atoms with Gasteiger partial charge in [0, 0.05) is 18.2 Å². The second kappa shape index (κ2) is 6.57. The number of imidazole rings is 1. The van der Waals surface area contributed by atoms with Crippen molar-refractivity contribution in [2.75, 3.05) is 14.2 Å². The summed E-state index contributed by atoms with van der Waals surface area (Å²) in [5.41, 5.74) is 2.74. The van der Waals surface area contributed by atoms with Crippen molar-refractivity contribution in [2.24, 2.45) is 0 Å². The molecule has 0 bridgehead atoms. The molecule has 0 aliphatic heterocycles. The highest BCUT2D eigenvalue weighted by molar-refractivity contribution is 5.92. The fourth-order valence-corrected chi connectivity index (χ4v) is 2.39. The molecule has 1 N–H and O–H groups in total. The Morgan fingerprint density at radius 2 is 2.04 bits per heavy atom. The van der Waals surface area contributed by atoms with Gasteiger partial charge in [-0.25, -0.2) is 9.50 Å². The van der Waals surface area contributed by atoms with E-state index in [2.05, 4.69) is 15.4 Å². The third-order valence-corrected chi connectivity index (χ3v) is 3.61. The Morgan fingerprint density at radius 1 is 1.21 bits per heavy atom. The maximum atomic E-state index is 12.3. The zero-order valence-electron chi connectivity index (χ0n) is 13.7. The number of ether oxygens (including phenoxy) is 2. The molecule has 124 valence electrons. The maximum Gasteiger partial charge on any atom is 0.272 e. The van der Waals surface area contributed by atoms with Crippen molar-refractivity contribution in [3.63, 3.8) is 0 Å². The predicted molar refractivity (Wildman–Crippen MR) is 88.4 cm³/mol. The Kier molecular flexibility index (Phi) is 4.33. The van der Waals surface area contributed by atoms with Crippen molar-refractivity contribution in [2.45, 2.75) is 13.5 Å². The van der Waals surface area contributed by atoms with Crippen molar-refractivity contribution in [1.29, 1.82) is 0 Å². The van der Waals surface area contributed by atoms with E-state index in [4.69, 9.17) is 9.47 Å². The summed E-state index contributed by atoms with van der Waals surface area (Å²) >= 11 is 0. The lowest BCUT2D eigenvalue weighted by molar-refractivity contribution is 0.0944. The number of amides is 1. The van der Waals surface area contributed by atoms with Crippen LogP contribution in [-0.2, 0) is 6.54 Å². The molecule has 0 aliphatic rings. The highest BCUT2D eigenvalue weighted by Gasteiger charge is 2.11. The maximum absolute atomic E-state index is 12.3. The van der Waals surface area contributed by atoms with Crippen LogP contribution in [0.15, 0.2) is 36.5 Å². The van der Waals surface area contributed by atoms with E-state index < -0.39 is 0 Å². The van der Waals surface area contributed by atoms with Crippen molar-refractivity contribution < 1.29 is 14.3 Å². The average Bonchev–Trinajstić information content (AvgIpc) is 2.98. The third kappa shape index (κ3) is 3.15. The summed E-state index contributed by atoms with van der Waals surface area (Å²) < 4.78 is 12.1. The molecule has 0 spiro atoms. The van der Waals surface area contributed by atoms with E-state index in [1.807, 2.05) is 19.1 Å². The molecular weight excluding hydrogens is 308 g/mol. The zero-order chi connectivity index (χ0) is 17.1. The molecule has 0 fully saturated rings. The Bertz CT molecular complexity index is 889. The van der Waals surface area contributed by atoms with Crippen LogP contribution in [-0.4, -0.2) is 34.7 Å². The lowest BCUT2D eigenvalue weighted by Gasteiger charge is -2.11. The first-order valence-corrected chi connectivity index (χ1v) is 7.43. The van der Waals surface area contributed by atoms with Gasteiger partial charge in [0.2, 0.25) is 0 Å². The number of nitrogens with one attached hydrogen (secondary N) is 1. The number of hydrogen-bond donors (Lipinski definition) is 1. The fourth-order valence-electron chi connectivity index (χ4n) is 2.39. The number of hydrogen-bond acceptors (Lipinski definition) is 5. The van der Waals surface area contributed by atoms with Crippen molar-refractivity contribution in [1.82, 2.24) is 19.9 Å². The Labute approximate surface area is 139 Å². The molecule has 0 saturated heterocycles. The lowest BCUT2D eigenvalue weighted by atomic mass is 10.2. The summed E-state index contributed by atoms with van der Waals surface area (Å²) in [6, 6.07) is 8.88. The van der Waals surface area contributed by atoms with E-state index in [0.717, 1.165) is 11.3 Å². The molecule has 0 aliphatic carbocycles. The van der Waals surface area contributed by atoms with Crippen LogP contribution in [0.5, 0.6) is 11.5 Å². The molecule has 7 heteroatoms. The van der Waals surface area contributed by atoms with Crippen LogP contribution in [0.25, 0.3) is 5.65 Å². The van der Waals surface area contributed by atoms with Gasteiger partial charge in [-0.1, -0.05) is 0 Å². The number of methoxy groups -OCH3 is 2. The molecule has 7 nitrogen and oxygen atoms in total. The van der Waals surface area contributed by atoms with Gasteiger partial charge in [-0.15, -0.1) is 0 Å². The molecular formula is C17H18N4O3. The van der Waals surface area contributed by atoms with Gasteiger partial charge in [0.1, 0.15) is 17.2 Å². The summed E-state index contributed by atoms with van der Waals surface area (Å²) in [6.45, 7) is 2.21. The molecule has 3 rings (SSSR count). The highest BCUT2D eigenvalue weighted by atomic mass is 16.5. The first-order chi connectivity index (χ1) is 11.6. The molecule has 0 unspecified atom stereocenters. The number of aryl methyl sites for hydroxylation is 1. The predicted octanol–water partition coefficient (Wildman–Crippen LogP) is 1.98. The van der Waals surface area contributed by atoms with Gasteiger partial charge in [-0.05, 0) is 31.2 Å². The molecule has 24 heavy (non-hydrogen) atoms. The van der Waals surface area contributed by atoms with Crippen LogP contribution in [0.1, 0.15) is 21.7 Å². The third-order valence-electron chi connectivity index (χ3n) is 3.61. The topological polar surface area (TPSA) is 77.8 Å². The molecule has 0 radical (unpaired) electrons. The van der Waals surface area contributed by atoms with Gasteiger partial charge in [-0.3, -0.25) is 4.79 Å². The second-order valence-electron chi connectivity index (χ2n) is 5.26. The van der Waals surface area contributed by atoms with Crippen LogP contribution in [0.3, 0.4) is 0 Å². The normalized spacial score (nSPS) is 10.6.